The van der Waals surface area contributed by atoms with E-state index in [1.54, 1.807) is 16.4 Å². The summed E-state index contributed by atoms with van der Waals surface area (Å²) in [5.74, 6) is 1.89. The molecular formula is C31H32BrN5O2S. The fourth-order valence-electron chi connectivity index (χ4n) is 4.69. The first-order valence-corrected chi connectivity index (χ1v) is 15.0. The molecule has 0 bridgehead atoms. The number of benzene rings is 3. The lowest BCUT2D eigenvalue weighted by molar-refractivity contribution is -0.113. The number of nitrogens with one attached hydrogen (secondary N) is 2. The molecule has 2 N–H and O–H groups in total. The number of hydrogen-bond acceptors (Lipinski definition) is 6. The van der Waals surface area contributed by atoms with E-state index in [2.05, 4.69) is 64.7 Å². The van der Waals surface area contributed by atoms with Gasteiger partial charge in [-0.15, -0.1) is 5.10 Å². The normalized spacial score (nSPS) is 14.5. The van der Waals surface area contributed by atoms with Crippen LogP contribution in [0.2, 0.25) is 0 Å². The quantitative estimate of drug-likeness (QED) is 0.198. The van der Waals surface area contributed by atoms with E-state index in [9.17, 15) is 4.79 Å². The number of fused-ring (bicyclic) bond motifs is 1. The average Bonchev–Trinajstić information content (AvgIpc) is 3.32. The Balaban J connectivity index is 1.59. The van der Waals surface area contributed by atoms with Crippen molar-refractivity contribution >= 4 is 45.2 Å². The van der Waals surface area contributed by atoms with Crippen LogP contribution in [-0.4, -0.2) is 26.4 Å². The molecule has 0 saturated carbocycles. The van der Waals surface area contributed by atoms with Crippen molar-refractivity contribution in [2.75, 3.05) is 16.4 Å². The summed E-state index contributed by atoms with van der Waals surface area (Å²) in [7, 11) is 0. The monoisotopic (exact) mass is 617 g/mol. The van der Waals surface area contributed by atoms with Gasteiger partial charge >= 0.3 is 0 Å². The van der Waals surface area contributed by atoms with Crippen LogP contribution in [0.1, 0.15) is 47.7 Å². The van der Waals surface area contributed by atoms with Gasteiger partial charge < -0.3 is 15.4 Å². The van der Waals surface area contributed by atoms with Gasteiger partial charge in [0.15, 0.2) is 0 Å². The molecule has 9 heteroatoms. The number of aryl methyl sites for hydroxylation is 2. The molecule has 1 amide bonds. The highest BCUT2D eigenvalue weighted by Crippen LogP contribution is 2.41. The van der Waals surface area contributed by atoms with E-state index in [-0.39, 0.29) is 5.91 Å². The van der Waals surface area contributed by atoms with Gasteiger partial charge in [-0.25, -0.2) is 4.68 Å². The Morgan fingerprint density at radius 3 is 2.62 bits per heavy atom. The van der Waals surface area contributed by atoms with E-state index < -0.39 is 6.04 Å². The van der Waals surface area contributed by atoms with Gasteiger partial charge in [0.2, 0.25) is 11.1 Å². The Morgan fingerprint density at radius 2 is 1.88 bits per heavy atom. The van der Waals surface area contributed by atoms with Crippen molar-refractivity contribution in [1.29, 1.82) is 0 Å². The predicted molar refractivity (Wildman–Crippen MR) is 165 cm³/mol. The van der Waals surface area contributed by atoms with Crippen molar-refractivity contribution in [2.45, 2.75) is 52.4 Å². The molecule has 1 aromatic heterocycles. The molecule has 0 saturated heterocycles. The molecule has 7 nitrogen and oxygen atoms in total. The number of thioether (sulfide) groups is 1. The highest BCUT2D eigenvalue weighted by molar-refractivity contribution is 9.10. The van der Waals surface area contributed by atoms with Crippen LogP contribution in [0.25, 0.3) is 0 Å². The summed E-state index contributed by atoms with van der Waals surface area (Å²) in [6, 6.07) is 19.5. The first kappa shape index (κ1) is 28.0. The number of halogens is 1. The van der Waals surface area contributed by atoms with Gasteiger partial charge in [0.05, 0.1) is 5.57 Å². The van der Waals surface area contributed by atoms with Gasteiger partial charge in [0, 0.05) is 21.4 Å². The van der Waals surface area contributed by atoms with Crippen LogP contribution in [-0.2, 0) is 11.4 Å². The molecule has 0 fully saturated rings. The van der Waals surface area contributed by atoms with Gasteiger partial charge in [0.1, 0.15) is 18.4 Å². The lowest BCUT2D eigenvalue weighted by Crippen LogP contribution is -2.32. The molecule has 4 aromatic rings. The van der Waals surface area contributed by atoms with E-state index in [1.165, 1.54) is 5.56 Å². The van der Waals surface area contributed by atoms with Crippen LogP contribution < -0.4 is 15.4 Å². The first-order valence-electron chi connectivity index (χ1n) is 13.2. The summed E-state index contributed by atoms with van der Waals surface area (Å²) < 4.78 is 9.07. The fourth-order valence-corrected chi connectivity index (χ4v) is 5.62. The number of anilines is 2. The number of carbonyl (C=O) groups is 1. The molecule has 0 radical (unpaired) electrons. The fraction of sp³-hybridized carbons (Fsp3) is 0.258. The second kappa shape index (κ2) is 11.9. The largest absolute Gasteiger partial charge is 0.489 e. The van der Waals surface area contributed by atoms with E-state index in [0.717, 1.165) is 38.2 Å². The molecule has 1 aliphatic rings. The number of carbonyl (C=O) groups excluding carboxylic acids is 1. The third-order valence-corrected chi connectivity index (χ3v) is 8.20. The Labute approximate surface area is 247 Å². The second-order valence-corrected chi connectivity index (χ2v) is 12.0. The lowest BCUT2D eigenvalue weighted by Gasteiger charge is -2.30. The van der Waals surface area contributed by atoms with Crippen molar-refractivity contribution < 1.29 is 9.53 Å². The molecule has 40 heavy (non-hydrogen) atoms. The van der Waals surface area contributed by atoms with E-state index >= 15 is 0 Å². The number of nitrogens with zero attached hydrogens (tertiary/aromatic N) is 3. The minimum Gasteiger partial charge on any atom is -0.489 e. The van der Waals surface area contributed by atoms with Crippen molar-refractivity contribution in [3.8, 4) is 5.75 Å². The van der Waals surface area contributed by atoms with Gasteiger partial charge in [-0.3, -0.25) is 4.79 Å². The molecule has 1 aliphatic heterocycles. The Bertz CT molecular complexity index is 1600. The minimum atomic E-state index is -0.564. The molecule has 0 spiro atoms. The number of amides is 1. The van der Waals surface area contributed by atoms with Crippen LogP contribution >= 0.6 is 27.7 Å². The smallest absolute Gasteiger partial charge is 0.255 e. The molecule has 1 atom stereocenters. The summed E-state index contributed by atoms with van der Waals surface area (Å²) in [5, 5.41) is 11.9. The summed E-state index contributed by atoms with van der Waals surface area (Å²) in [6.07, 6.45) is 0. The van der Waals surface area contributed by atoms with Crippen molar-refractivity contribution in [1.82, 2.24) is 14.8 Å². The zero-order chi connectivity index (χ0) is 28.4. The molecule has 3 aromatic carbocycles. The van der Waals surface area contributed by atoms with Crippen molar-refractivity contribution in [3.05, 3.63) is 104 Å². The van der Waals surface area contributed by atoms with Crippen LogP contribution in [0.15, 0.2) is 81.6 Å². The summed E-state index contributed by atoms with van der Waals surface area (Å²) in [6.45, 7) is 10.5. The predicted octanol–water partition coefficient (Wildman–Crippen LogP) is 7.58. The maximum absolute atomic E-state index is 14.0. The second-order valence-electron chi connectivity index (χ2n) is 9.82. The Morgan fingerprint density at radius 1 is 1.10 bits per heavy atom. The maximum Gasteiger partial charge on any atom is 0.255 e. The van der Waals surface area contributed by atoms with Crippen molar-refractivity contribution in [2.24, 2.45) is 0 Å². The third-order valence-electron chi connectivity index (χ3n) is 6.99. The molecule has 5 rings (SSSR count). The topological polar surface area (TPSA) is 81.1 Å². The molecule has 0 aliphatic carbocycles. The molecule has 1 unspecified atom stereocenters. The summed E-state index contributed by atoms with van der Waals surface area (Å²) >= 11 is 5.20. The van der Waals surface area contributed by atoms with Crippen molar-refractivity contribution in [3.63, 3.8) is 0 Å². The average molecular weight is 619 g/mol. The third kappa shape index (κ3) is 5.81. The highest BCUT2D eigenvalue weighted by atomic mass is 79.9. The van der Waals surface area contributed by atoms with Crippen LogP contribution in [0.4, 0.5) is 11.6 Å². The van der Waals surface area contributed by atoms with Gasteiger partial charge in [0.25, 0.3) is 5.91 Å². The number of hydrogen-bond donors (Lipinski definition) is 2. The summed E-state index contributed by atoms with van der Waals surface area (Å²) in [4.78, 5) is 18.8. The molecular weight excluding hydrogens is 586 g/mol. The van der Waals surface area contributed by atoms with E-state index in [1.807, 2.05) is 57.2 Å². The first-order chi connectivity index (χ1) is 19.2. The summed E-state index contributed by atoms with van der Waals surface area (Å²) in [5.41, 5.74) is 7.25. The molecule has 206 valence electrons. The Hall–Kier alpha value is -3.56. The van der Waals surface area contributed by atoms with Crippen LogP contribution in [0, 0.1) is 20.8 Å². The number of aromatic nitrogens is 3. The van der Waals surface area contributed by atoms with E-state index in [4.69, 9.17) is 14.8 Å². The Kier molecular flexibility index (Phi) is 8.32. The SMILES string of the molecule is CCSc1nc2n(n1)C(c1cc(Br)ccc1OCc1ccc(C)cc1)C(C(=O)Nc1cccc(C)c1C)=C(C)N2. The zero-order valence-corrected chi connectivity index (χ0v) is 25.6. The van der Waals surface area contributed by atoms with Gasteiger partial charge in [-0.2, -0.15) is 4.98 Å². The maximum atomic E-state index is 14.0. The van der Waals surface area contributed by atoms with Gasteiger partial charge in [-0.05, 0) is 74.4 Å². The minimum absolute atomic E-state index is 0.209. The number of ether oxygens (including phenoxy) is 1. The number of rotatable bonds is 8. The number of allylic oxidation sites excluding steroid dienone is 1. The van der Waals surface area contributed by atoms with Crippen LogP contribution in [0.5, 0.6) is 5.75 Å². The van der Waals surface area contributed by atoms with Crippen LogP contribution in [0.3, 0.4) is 0 Å². The zero-order valence-electron chi connectivity index (χ0n) is 23.2. The highest BCUT2D eigenvalue weighted by Gasteiger charge is 2.36. The lowest BCUT2D eigenvalue weighted by atomic mass is 9.94. The molecule has 2 heterocycles. The van der Waals surface area contributed by atoms with Gasteiger partial charge in [-0.1, -0.05) is 76.6 Å². The van der Waals surface area contributed by atoms with E-state index in [0.29, 0.717) is 34.7 Å². The standard InChI is InChI=1S/C31H32BrN5O2S/c1-6-40-31-35-30-33-21(5)27(29(38)34-25-9-7-8-19(3)20(25)4)28(37(30)36-31)24-16-23(32)14-15-26(24)39-17-22-12-10-18(2)11-13-22/h7-16,28H,6,17H2,1-5H3,(H,34,38)(H,33,35,36).